The third kappa shape index (κ3) is 3.25. The Bertz CT molecular complexity index is 527. The fraction of sp³-hybridized carbons (Fsp3) is 0.615. The Morgan fingerprint density at radius 2 is 2.26 bits per heavy atom. The molecule has 6 heteroatoms. The van der Waals surface area contributed by atoms with Crippen LogP contribution in [-0.2, 0) is 9.84 Å². The molecule has 1 saturated heterocycles. The highest BCUT2D eigenvalue weighted by Gasteiger charge is 2.30. The number of hydrogen-bond acceptors (Lipinski definition) is 5. The molecule has 0 spiro atoms. The Labute approximate surface area is 114 Å². The summed E-state index contributed by atoms with van der Waals surface area (Å²) >= 11 is 0. The Hall–Kier alpha value is -1.14. The van der Waals surface area contributed by atoms with Crippen molar-refractivity contribution in [1.82, 2.24) is 4.98 Å². The summed E-state index contributed by atoms with van der Waals surface area (Å²) in [6.45, 7) is 1.90. The van der Waals surface area contributed by atoms with Gasteiger partial charge in [-0.15, -0.1) is 0 Å². The van der Waals surface area contributed by atoms with E-state index in [1.165, 1.54) is 0 Å². The van der Waals surface area contributed by atoms with Crippen LogP contribution in [0.2, 0.25) is 0 Å². The molecular formula is C13H20N2O3S. The van der Waals surface area contributed by atoms with Crippen molar-refractivity contribution in [2.24, 2.45) is 0 Å². The minimum Gasteiger partial charge on any atom is -0.387 e. The maximum atomic E-state index is 11.5. The predicted molar refractivity (Wildman–Crippen MR) is 74.9 cm³/mol. The summed E-state index contributed by atoms with van der Waals surface area (Å²) in [4.78, 5) is 6.20. The Morgan fingerprint density at radius 3 is 2.74 bits per heavy atom. The molecule has 2 heterocycles. The highest BCUT2D eigenvalue weighted by Crippen LogP contribution is 2.23. The molecule has 0 aliphatic carbocycles. The topological polar surface area (TPSA) is 70.5 Å². The zero-order chi connectivity index (χ0) is 14.0. The third-order valence-electron chi connectivity index (χ3n) is 3.66. The van der Waals surface area contributed by atoms with Crippen LogP contribution in [-0.4, -0.2) is 43.1 Å². The van der Waals surface area contributed by atoms with E-state index in [2.05, 4.69) is 4.98 Å². The first-order valence-electron chi connectivity index (χ1n) is 6.50. The van der Waals surface area contributed by atoms with Gasteiger partial charge >= 0.3 is 0 Å². The first kappa shape index (κ1) is 14.3. The van der Waals surface area contributed by atoms with E-state index in [1.54, 1.807) is 12.3 Å². The lowest BCUT2D eigenvalue weighted by Gasteiger charge is -2.25. The van der Waals surface area contributed by atoms with Crippen molar-refractivity contribution in [2.75, 3.05) is 23.5 Å². The van der Waals surface area contributed by atoms with E-state index in [0.29, 0.717) is 18.5 Å². The number of aliphatic hydroxyl groups is 1. The largest absolute Gasteiger partial charge is 0.387 e. The number of aliphatic hydroxyl groups excluding tert-OH is 1. The summed E-state index contributed by atoms with van der Waals surface area (Å²) in [5.74, 6) is 0.477. The maximum absolute atomic E-state index is 11.5. The first-order valence-corrected chi connectivity index (χ1v) is 8.32. The Kier molecular flexibility index (Phi) is 4.10. The molecule has 0 aromatic carbocycles. The molecule has 19 heavy (non-hydrogen) atoms. The number of nitrogens with zero attached hydrogens (tertiary/aromatic N) is 2. The van der Waals surface area contributed by atoms with Crippen LogP contribution in [0, 0.1) is 0 Å². The van der Waals surface area contributed by atoms with Gasteiger partial charge in [0, 0.05) is 13.1 Å². The molecule has 1 aliphatic rings. The van der Waals surface area contributed by atoms with Gasteiger partial charge in [0.15, 0.2) is 9.84 Å². The molecule has 0 amide bonds. The van der Waals surface area contributed by atoms with Gasteiger partial charge < -0.3 is 10.0 Å². The second kappa shape index (κ2) is 5.46. The van der Waals surface area contributed by atoms with Gasteiger partial charge in [0.05, 0.1) is 35.2 Å². The van der Waals surface area contributed by atoms with Gasteiger partial charge in [0.2, 0.25) is 0 Å². The molecule has 0 saturated carbocycles. The van der Waals surface area contributed by atoms with Crippen molar-refractivity contribution in [3.63, 3.8) is 0 Å². The van der Waals surface area contributed by atoms with E-state index >= 15 is 0 Å². The lowest BCUT2D eigenvalue weighted by atomic mass is 10.1. The van der Waals surface area contributed by atoms with Crippen LogP contribution in [0.5, 0.6) is 0 Å². The normalized spacial score (nSPS) is 23.2. The number of pyridine rings is 1. The van der Waals surface area contributed by atoms with Crippen LogP contribution in [0.3, 0.4) is 0 Å². The van der Waals surface area contributed by atoms with E-state index in [0.717, 1.165) is 5.69 Å². The molecule has 1 aliphatic heterocycles. The average Bonchev–Trinajstić information content (AvgIpc) is 2.77. The predicted octanol–water partition coefficient (Wildman–Crippen LogP) is 1.15. The fourth-order valence-electron chi connectivity index (χ4n) is 2.30. The summed E-state index contributed by atoms with van der Waals surface area (Å²) in [5.41, 5.74) is 1.54. The van der Waals surface area contributed by atoms with E-state index < -0.39 is 15.9 Å². The van der Waals surface area contributed by atoms with E-state index in [9.17, 15) is 13.5 Å². The number of anilines is 1. The number of aromatic nitrogens is 1. The average molecular weight is 284 g/mol. The molecule has 1 N–H and O–H groups in total. The van der Waals surface area contributed by atoms with Gasteiger partial charge in [0.25, 0.3) is 0 Å². The smallest absolute Gasteiger partial charge is 0.152 e. The molecular weight excluding hydrogens is 264 g/mol. The molecule has 106 valence electrons. The summed E-state index contributed by atoms with van der Waals surface area (Å²) in [7, 11) is -0.989. The van der Waals surface area contributed by atoms with E-state index in [-0.39, 0.29) is 17.5 Å². The van der Waals surface area contributed by atoms with Crippen LogP contribution in [0.25, 0.3) is 0 Å². The molecule has 1 aromatic heterocycles. The van der Waals surface area contributed by atoms with Crippen molar-refractivity contribution < 1.29 is 13.5 Å². The van der Waals surface area contributed by atoms with Gasteiger partial charge in [0.1, 0.15) is 0 Å². The minimum absolute atomic E-state index is 0.0220. The second-order valence-corrected chi connectivity index (χ2v) is 7.26. The van der Waals surface area contributed by atoms with Crippen molar-refractivity contribution >= 4 is 15.5 Å². The zero-order valence-electron chi connectivity index (χ0n) is 11.3. The van der Waals surface area contributed by atoms with E-state index in [1.807, 2.05) is 24.9 Å². The van der Waals surface area contributed by atoms with E-state index in [4.69, 9.17) is 0 Å². The van der Waals surface area contributed by atoms with Crippen molar-refractivity contribution in [3.05, 3.63) is 24.0 Å². The molecule has 2 unspecified atom stereocenters. The van der Waals surface area contributed by atoms with Gasteiger partial charge in [-0.2, -0.15) is 0 Å². The molecule has 0 bridgehead atoms. The van der Waals surface area contributed by atoms with Crippen LogP contribution < -0.4 is 4.90 Å². The van der Waals surface area contributed by atoms with Gasteiger partial charge in [-0.3, -0.25) is 4.98 Å². The number of hydrogen-bond donors (Lipinski definition) is 1. The number of rotatable bonds is 4. The standard InChI is InChI=1S/C13H20N2O3S/c1-3-13(16)12-5-4-10(8-14-12)15(2)11-6-7-19(17,18)9-11/h4-5,8,11,13,16H,3,6-7,9H2,1-2H3. The second-order valence-electron chi connectivity index (χ2n) is 5.03. The monoisotopic (exact) mass is 284 g/mol. The van der Waals surface area contributed by atoms with Gasteiger partial charge in [-0.25, -0.2) is 8.42 Å². The molecule has 1 fully saturated rings. The maximum Gasteiger partial charge on any atom is 0.152 e. The van der Waals surface area contributed by atoms with Crippen LogP contribution in [0.4, 0.5) is 5.69 Å². The molecule has 2 atom stereocenters. The van der Waals surface area contributed by atoms with Gasteiger partial charge in [-0.05, 0) is 25.0 Å². The molecule has 5 nitrogen and oxygen atoms in total. The third-order valence-corrected chi connectivity index (χ3v) is 5.41. The number of sulfone groups is 1. The SMILES string of the molecule is CCC(O)c1ccc(N(C)C2CCS(=O)(=O)C2)cn1. The first-order chi connectivity index (χ1) is 8.93. The Balaban J connectivity index is 2.10. The van der Waals surface area contributed by atoms with Crippen molar-refractivity contribution in [2.45, 2.75) is 31.9 Å². The lowest BCUT2D eigenvalue weighted by molar-refractivity contribution is 0.169. The van der Waals surface area contributed by atoms with Crippen LogP contribution in [0.15, 0.2) is 18.3 Å². The highest BCUT2D eigenvalue weighted by molar-refractivity contribution is 7.91. The van der Waals surface area contributed by atoms with Gasteiger partial charge in [-0.1, -0.05) is 6.92 Å². The summed E-state index contributed by atoms with van der Waals surface area (Å²) in [5, 5.41) is 9.68. The van der Waals surface area contributed by atoms with Crippen LogP contribution in [0.1, 0.15) is 31.6 Å². The fourth-order valence-corrected chi connectivity index (χ4v) is 4.08. The van der Waals surface area contributed by atoms with Crippen LogP contribution >= 0.6 is 0 Å². The highest BCUT2D eigenvalue weighted by atomic mass is 32.2. The quantitative estimate of drug-likeness (QED) is 0.898. The summed E-state index contributed by atoms with van der Waals surface area (Å²) in [6.07, 6.45) is 2.45. The molecule has 1 aromatic rings. The zero-order valence-corrected chi connectivity index (χ0v) is 12.1. The summed E-state index contributed by atoms with van der Waals surface area (Å²) < 4.78 is 23.0. The molecule has 2 rings (SSSR count). The van der Waals surface area contributed by atoms with Crippen molar-refractivity contribution in [1.29, 1.82) is 0 Å². The minimum atomic E-state index is -2.88. The van der Waals surface area contributed by atoms with Crippen molar-refractivity contribution in [3.8, 4) is 0 Å². The molecule has 0 radical (unpaired) electrons. The summed E-state index contributed by atoms with van der Waals surface area (Å²) in [6, 6.07) is 3.70. The lowest BCUT2D eigenvalue weighted by Crippen LogP contribution is -2.32. The Morgan fingerprint density at radius 1 is 1.53 bits per heavy atom.